The van der Waals surface area contributed by atoms with Crippen LogP contribution < -0.4 is 0 Å². The number of allylic oxidation sites excluding steroid dienone is 3. The SMILES string of the molecule is C[C@@H](/N=C/c1ccccc1)C1=CC=CC1. The van der Waals surface area contributed by atoms with Gasteiger partial charge in [-0.1, -0.05) is 48.6 Å². The van der Waals surface area contributed by atoms with E-state index in [-0.39, 0.29) is 0 Å². The average Bonchev–Trinajstić information content (AvgIpc) is 2.81. The van der Waals surface area contributed by atoms with Gasteiger partial charge in [0, 0.05) is 6.21 Å². The zero-order chi connectivity index (χ0) is 10.5. The molecule has 0 aromatic heterocycles. The van der Waals surface area contributed by atoms with Gasteiger partial charge in [-0.15, -0.1) is 0 Å². The van der Waals surface area contributed by atoms with E-state index in [0.29, 0.717) is 6.04 Å². The third kappa shape index (κ3) is 2.66. The van der Waals surface area contributed by atoms with Crippen LogP contribution in [0.2, 0.25) is 0 Å². The van der Waals surface area contributed by atoms with Gasteiger partial charge in [0.05, 0.1) is 6.04 Å². The predicted molar refractivity (Wildman–Crippen MR) is 65.3 cm³/mol. The summed E-state index contributed by atoms with van der Waals surface area (Å²) >= 11 is 0. The molecule has 1 heteroatoms. The van der Waals surface area contributed by atoms with Gasteiger partial charge in [0.2, 0.25) is 0 Å². The van der Waals surface area contributed by atoms with E-state index in [1.165, 1.54) is 5.57 Å². The van der Waals surface area contributed by atoms with Gasteiger partial charge in [-0.05, 0) is 24.5 Å². The largest absolute Gasteiger partial charge is 0.285 e. The van der Waals surface area contributed by atoms with Crippen LogP contribution in [0.5, 0.6) is 0 Å². The number of aliphatic imine (C=N–C) groups is 1. The Morgan fingerprint density at radius 3 is 2.73 bits per heavy atom. The summed E-state index contributed by atoms with van der Waals surface area (Å²) in [6, 6.07) is 10.5. The number of benzene rings is 1. The molecular formula is C14H15N. The molecule has 1 aliphatic rings. The fourth-order valence-corrected chi connectivity index (χ4v) is 1.61. The molecule has 76 valence electrons. The maximum Gasteiger partial charge on any atom is 0.0687 e. The molecule has 0 saturated carbocycles. The standard InChI is InChI=1S/C14H15N/c1-12(14-9-5-6-10-14)15-11-13-7-3-2-4-8-13/h2-9,11-12H,10H2,1H3/b15-11+/t12-/m1/s1. The summed E-state index contributed by atoms with van der Waals surface area (Å²) in [5, 5.41) is 0. The van der Waals surface area contributed by atoms with Gasteiger partial charge < -0.3 is 0 Å². The van der Waals surface area contributed by atoms with Crippen LogP contribution in [-0.4, -0.2) is 12.3 Å². The first-order valence-electron chi connectivity index (χ1n) is 5.30. The Balaban J connectivity index is 2.00. The molecule has 1 aromatic carbocycles. The van der Waals surface area contributed by atoms with Crippen molar-refractivity contribution < 1.29 is 0 Å². The van der Waals surface area contributed by atoms with E-state index in [1.807, 2.05) is 24.4 Å². The number of nitrogens with zero attached hydrogens (tertiary/aromatic N) is 1. The lowest BCUT2D eigenvalue weighted by Gasteiger charge is -2.06. The van der Waals surface area contributed by atoms with Gasteiger partial charge >= 0.3 is 0 Å². The van der Waals surface area contributed by atoms with Crippen molar-refractivity contribution in [2.24, 2.45) is 4.99 Å². The lowest BCUT2D eigenvalue weighted by molar-refractivity contribution is 0.847. The molecule has 0 aliphatic heterocycles. The van der Waals surface area contributed by atoms with Crippen LogP contribution in [0, 0.1) is 0 Å². The second-order valence-corrected chi connectivity index (χ2v) is 3.74. The van der Waals surface area contributed by atoms with Gasteiger partial charge in [0.25, 0.3) is 0 Å². The van der Waals surface area contributed by atoms with Crippen molar-refractivity contribution >= 4 is 6.21 Å². The molecule has 1 nitrogen and oxygen atoms in total. The highest BCUT2D eigenvalue weighted by molar-refractivity contribution is 5.79. The van der Waals surface area contributed by atoms with Gasteiger partial charge in [0.15, 0.2) is 0 Å². The van der Waals surface area contributed by atoms with Crippen LogP contribution in [0.4, 0.5) is 0 Å². The Bertz CT molecular complexity index is 399. The van der Waals surface area contributed by atoms with Crippen LogP contribution in [0.15, 0.2) is 59.1 Å². The normalized spacial score (nSPS) is 17.0. The number of rotatable bonds is 3. The Kier molecular flexibility index (Phi) is 3.13. The Morgan fingerprint density at radius 1 is 1.27 bits per heavy atom. The van der Waals surface area contributed by atoms with Gasteiger partial charge in [-0.3, -0.25) is 4.99 Å². The third-order valence-electron chi connectivity index (χ3n) is 2.58. The lowest BCUT2D eigenvalue weighted by atomic mass is 10.1. The molecule has 1 atom stereocenters. The van der Waals surface area contributed by atoms with E-state index in [2.05, 4.69) is 42.3 Å². The minimum atomic E-state index is 0.292. The van der Waals surface area contributed by atoms with Gasteiger partial charge in [0.1, 0.15) is 0 Å². The van der Waals surface area contributed by atoms with Crippen LogP contribution in [0.25, 0.3) is 0 Å². The molecule has 2 rings (SSSR count). The van der Waals surface area contributed by atoms with Crippen LogP contribution in [0.3, 0.4) is 0 Å². The van der Waals surface area contributed by atoms with Gasteiger partial charge in [-0.25, -0.2) is 0 Å². The smallest absolute Gasteiger partial charge is 0.0687 e. The van der Waals surface area contributed by atoms with Crippen LogP contribution in [0.1, 0.15) is 18.9 Å². The van der Waals surface area contributed by atoms with E-state index < -0.39 is 0 Å². The third-order valence-corrected chi connectivity index (χ3v) is 2.58. The summed E-state index contributed by atoms with van der Waals surface area (Å²) in [6.07, 6.45) is 9.43. The molecule has 15 heavy (non-hydrogen) atoms. The minimum Gasteiger partial charge on any atom is -0.285 e. The Labute approximate surface area is 90.9 Å². The molecular weight excluding hydrogens is 182 g/mol. The second kappa shape index (κ2) is 4.74. The minimum absolute atomic E-state index is 0.292. The van der Waals surface area contributed by atoms with E-state index in [4.69, 9.17) is 0 Å². The van der Waals surface area contributed by atoms with E-state index in [9.17, 15) is 0 Å². The zero-order valence-corrected chi connectivity index (χ0v) is 8.93. The van der Waals surface area contributed by atoms with Crippen molar-refractivity contribution in [2.75, 3.05) is 0 Å². The molecule has 1 aromatic rings. The molecule has 0 unspecified atom stereocenters. The summed E-state index contributed by atoms with van der Waals surface area (Å²) in [5.74, 6) is 0. The van der Waals surface area contributed by atoms with Crippen molar-refractivity contribution in [3.63, 3.8) is 0 Å². The van der Waals surface area contributed by atoms with Crippen molar-refractivity contribution in [2.45, 2.75) is 19.4 Å². The fourth-order valence-electron chi connectivity index (χ4n) is 1.61. The topological polar surface area (TPSA) is 12.4 Å². The highest BCUT2D eigenvalue weighted by Crippen LogP contribution is 2.16. The lowest BCUT2D eigenvalue weighted by Crippen LogP contribution is -2.01. The maximum absolute atomic E-state index is 4.54. The molecule has 0 saturated heterocycles. The van der Waals surface area contributed by atoms with Crippen LogP contribution >= 0.6 is 0 Å². The molecule has 0 N–H and O–H groups in total. The second-order valence-electron chi connectivity index (χ2n) is 3.74. The molecule has 0 fully saturated rings. The summed E-state index contributed by atoms with van der Waals surface area (Å²) in [4.78, 5) is 4.54. The molecule has 0 heterocycles. The first-order valence-corrected chi connectivity index (χ1v) is 5.30. The zero-order valence-electron chi connectivity index (χ0n) is 8.93. The van der Waals surface area contributed by atoms with E-state index in [0.717, 1.165) is 12.0 Å². The van der Waals surface area contributed by atoms with Crippen molar-refractivity contribution in [3.8, 4) is 0 Å². The highest BCUT2D eigenvalue weighted by atomic mass is 14.8. The summed E-state index contributed by atoms with van der Waals surface area (Å²) in [5.41, 5.74) is 2.55. The average molecular weight is 197 g/mol. The summed E-state index contributed by atoms with van der Waals surface area (Å²) in [7, 11) is 0. The monoisotopic (exact) mass is 197 g/mol. The summed E-state index contributed by atoms with van der Waals surface area (Å²) in [6.45, 7) is 2.14. The predicted octanol–water partition coefficient (Wildman–Crippen LogP) is 3.38. The van der Waals surface area contributed by atoms with E-state index in [1.54, 1.807) is 0 Å². The summed E-state index contributed by atoms with van der Waals surface area (Å²) < 4.78 is 0. The maximum atomic E-state index is 4.54. The van der Waals surface area contributed by atoms with Crippen molar-refractivity contribution in [3.05, 3.63) is 59.7 Å². The first kappa shape index (κ1) is 9.91. The molecule has 0 spiro atoms. The van der Waals surface area contributed by atoms with Gasteiger partial charge in [-0.2, -0.15) is 0 Å². The number of hydrogen-bond acceptors (Lipinski definition) is 1. The molecule has 1 aliphatic carbocycles. The van der Waals surface area contributed by atoms with Crippen molar-refractivity contribution in [1.82, 2.24) is 0 Å². The highest BCUT2D eigenvalue weighted by Gasteiger charge is 2.06. The van der Waals surface area contributed by atoms with E-state index >= 15 is 0 Å². The molecule has 0 amide bonds. The Hall–Kier alpha value is -1.63. The number of hydrogen-bond donors (Lipinski definition) is 0. The van der Waals surface area contributed by atoms with Crippen LogP contribution in [-0.2, 0) is 0 Å². The Morgan fingerprint density at radius 2 is 2.07 bits per heavy atom. The quantitative estimate of drug-likeness (QED) is 0.659. The van der Waals surface area contributed by atoms with Crippen molar-refractivity contribution in [1.29, 1.82) is 0 Å². The molecule has 0 bridgehead atoms. The molecule has 0 radical (unpaired) electrons. The first-order chi connectivity index (χ1) is 7.36. The fraction of sp³-hybridized carbons (Fsp3) is 0.214.